The molecule has 2 aliphatic carbocycles. The van der Waals surface area contributed by atoms with Crippen molar-refractivity contribution in [3.05, 3.63) is 192 Å². The average molecular weight is 719 g/mol. The van der Waals surface area contributed by atoms with Gasteiger partial charge in [-0.05, 0) is 118 Å². The van der Waals surface area contributed by atoms with Crippen molar-refractivity contribution in [3.8, 4) is 33.6 Å². The van der Waals surface area contributed by atoms with Gasteiger partial charge in [0.1, 0.15) is 8.07 Å². The molecule has 2 aromatic heterocycles. The predicted octanol–water partition coefficient (Wildman–Crippen LogP) is 11.8. The van der Waals surface area contributed by atoms with Crippen LogP contribution < -0.4 is 10.4 Å². The molecule has 260 valence electrons. The molecule has 0 fully saturated rings. The number of rotatable bonds is 4. The van der Waals surface area contributed by atoms with Crippen LogP contribution in [0.25, 0.3) is 77.2 Å². The highest BCUT2D eigenvalue weighted by atomic mass is 28.3. The molecule has 0 saturated heterocycles. The van der Waals surface area contributed by atoms with Gasteiger partial charge in [0, 0.05) is 32.9 Å². The Bertz CT molecular complexity index is 3000. The van der Waals surface area contributed by atoms with Crippen LogP contribution in [0.15, 0.2) is 170 Å². The van der Waals surface area contributed by atoms with Gasteiger partial charge in [0.05, 0.1) is 22.1 Å². The van der Waals surface area contributed by atoms with E-state index in [1.807, 2.05) is 0 Å². The molecule has 2 nitrogen and oxygen atoms in total. The molecule has 0 bridgehead atoms. The van der Waals surface area contributed by atoms with E-state index in [0.29, 0.717) is 0 Å². The molecule has 0 saturated carbocycles. The topological polar surface area (TPSA) is 9.86 Å². The summed E-state index contributed by atoms with van der Waals surface area (Å²) in [5.41, 5.74) is 18.7. The van der Waals surface area contributed by atoms with E-state index in [0.717, 1.165) is 12.8 Å². The van der Waals surface area contributed by atoms with Gasteiger partial charge in [-0.2, -0.15) is 0 Å². The Morgan fingerprint density at radius 1 is 0.345 bits per heavy atom. The Morgan fingerprint density at radius 3 is 1.20 bits per heavy atom. The van der Waals surface area contributed by atoms with Crippen molar-refractivity contribution in [2.24, 2.45) is 0 Å². The van der Waals surface area contributed by atoms with Crippen LogP contribution >= 0.6 is 0 Å². The first-order valence-electron chi connectivity index (χ1n) is 19.5. The summed E-state index contributed by atoms with van der Waals surface area (Å²) in [6.07, 6.45) is 1.98. The van der Waals surface area contributed by atoms with Gasteiger partial charge in [-0.1, -0.05) is 133 Å². The molecule has 0 N–H and O–H groups in total. The molecule has 12 rings (SSSR count). The van der Waals surface area contributed by atoms with Gasteiger partial charge in [-0.25, -0.2) is 0 Å². The van der Waals surface area contributed by atoms with Gasteiger partial charge in [0.2, 0.25) is 0 Å². The summed E-state index contributed by atoms with van der Waals surface area (Å²) in [7, 11) is -2.18. The molecule has 10 aromatic rings. The van der Waals surface area contributed by atoms with Gasteiger partial charge >= 0.3 is 0 Å². The van der Waals surface area contributed by atoms with Crippen LogP contribution in [-0.2, 0) is 12.8 Å². The van der Waals surface area contributed by atoms with Gasteiger partial charge < -0.3 is 9.13 Å². The highest BCUT2D eigenvalue weighted by Gasteiger charge is 2.30. The molecule has 0 spiro atoms. The number of fused-ring (bicyclic) bond motifs is 12. The minimum Gasteiger partial charge on any atom is -0.309 e. The van der Waals surface area contributed by atoms with Gasteiger partial charge in [-0.15, -0.1) is 0 Å². The summed E-state index contributed by atoms with van der Waals surface area (Å²) in [5.74, 6) is 0. The maximum Gasteiger partial charge on any atom is 0.112 e. The second kappa shape index (κ2) is 11.3. The van der Waals surface area contributed by atoms with Crippen molar-refractivity contribution in [1.29, 1.82) is 0 Å². The molecular formula is C52H38N2Si. The van der Waals surface area contributed by atoms with Crippen molar-refractivity contribution in [2.45, 2.75) is 25.9 Å². The Balaban J connectivity index is 1.07. The van der Waals surface area contributed by atoms with Crippen LogP contribution in [0.5, 0.6) is 0 Å². The molecule has 55 heavy (non-hydrogen) atoms. The molecular weight excluding hydrogens is 681 g/mol. The molecule has 3 heteroatoms. The van der Waals surface area contributed by atoms with E-state index in [-0.39, 0.29) is 0 Å². The lowest BCUT2D eigenvalue weighted by Crippen LogP contribution is -2.52. The highest BCUT2D eigenvalue weighted by Crippen LogP contribution is 2.44. The molecule has 0 radical (unpaired) electrons. The monoisotopic (exact) mass is 718 g/mol. The third-order valence-corrected chi connectivity index (χ3v) is 16.3. The van der Waals surface area contributed by atoms with Gasteiger partial charge in [0.25, 0.3) is 0 Å². The summed E-state index contributed by atoms with van der Waals surface area (Å²) in [4.78, 5) is 0. The lowest BCUT2D eigenvalue weighted by atomic mass is 10.0. The third-order valence-electron chi connectivity index (χ3n) is 12.8. The zero-order valence-electron chi connectivity index (χ0n) is 31.0. The lowest BCUT2D eigenvalue weighted by Gasteiger charge is -2.24. The fraction of sp³-hybridized carbons (Fsp3) is 0.0769. The number of nitrogens with zero attached hydrogens (tertiary/aromatic N) is 2. The van der Waals surface area contributed by atoms with E-state index in [2.05, 4.69) is 192 Å². The van der Waals surface area contributed by atoms with Crippen LogP contribution in [0.2, 0.25) is 13.1 Å². The average Bonchev–Trinajstić information content (AvgIpc) is 3.96. The molecule has 2 heterocycles. The number of para-hydroxylation sites is 2. The summed E-state index contributed by atoms with van der Waals surface area (Å²) >= 11 is 0. The summed E-state index contributed by atoms with van der Waals surface area (Å²) in [6, 6.07) is 64.3. The van der Waals surface area contributed by atoms with Crippen LogP contribution in [0.3, 0.4) is 0 Å². The van der Waals surface area contributed by atoms with Crippen LogP contribution in [0.1, 0.15) is 22.3 Å². The maximum atomic E-state index is 2.54. The first kappa shape index (κ1) is 31.0. The standard InChI is InChI=1S/C52H38N2Si/c1-55(2,39-21-23-49-45(29-39)47-31-43-35(25-33-13-9-11-19-41(33)43)27-51(47)53(49)37-15-5-3-6-16-37)40-22-24-50-46(30-40)48-32-44-36(26-34-14-10-12-20-42(34)44)28-52(48)54(50)38-17-7-4-8-18-38/h3-24,27-32H,25-26H2,1-2H3. The Kier molecular flexibility index (Phi) is 6.36. The molecule has 0 amide bonds. The Morgan fingerprint density at radius 2 is 0.745 bits per heavy atom. The lowest BCUT2D eigenvalue weighted by molar-refractivity contribution is 1.17. The van der Waals surface area contributed by atoms with E-state index in [1.165, 1.54) is 110 Å². The molecule has 2 aliphatic rings. The van der Waals surface area contributed by atoms with E-state index in [4.69, 9.17) is 0 Å². The van der Waals surface area contributed by atoms with Crippen molar-refractivity contribution in [3.63, 3.8) is 0 Å². The minimum absolute atomic E-state index is 0.988. The Hall–Kier alpha value is -6.42. The highest BCUT2D eigenvalue weighted by molar-refractivity contribution is 7.00. The first-order chi connectivity index (χ1) is 27.0. The number of hydrogen-bond acceptors (Lipinski definition) is 0. The largest absolute Gasteiger partial charge is 0.309 e. The van der Waals surface area contributed by atoms with E-state index >= 15 is 0 Å². The van der Waals surface area contributed by atoms with Crippen molar-refractivity contribution >= 4 is 62.1 Å². The zero-order valence-corrected chi connectivity index (χ0v) is 32.0. The third kappa shape index (κ3) is 4.42. The first-order valence-corrected chi connectivity index (χ1v) is 22.5. The molecule has 8 aromatic carbocycles. The summed E-state index contributed by atoms with van der Waals surface area (Å²) < 4.78 is 4.96. The zero-order chi connectivity index (χ0) is 36.4. The Labute approximate surface area is 321 Å². The number of hydrogen-bond donors (Lipinski definition) is 0. The predicted molar refractivity (Wildman–Crippen MR) is 235 cm³/mol. The van der Waals surface area contributed by atoms with E-state index in [1.54, 1.807) is 0 Å². The smallest absolute Gasteiger partial charge is 0.112 e. The van der Waals surface area contributed by atoms with E-state index in [9.17, 15) is 0 Å². The van der Waals surface area contributed by atoms with Crippen LogP contribution in [-0.4, -0.2) is 17.2 Å². The van der Waals surface area contributed by atoms with Crippen LogP contribution in [0, 0.1) is 0 Å². The SMILES string of the molecule is C[Si](C)(c1ccc2c(c1)c1cc3c(cc1n2-c1ccccc1)Cc1ccccc1-3)c1ccc2c(c1)c1cc3c(cc1n2-c1ccccc1)Cc1ccccc1-3. The molecule has 0 unspecified atom stereocenters. The number of benzene rings is 8. The summed E-state index contributed by atoms with van der Waals surface area (Å²) in [6.45, 7) is 5.06. The van der Waals surface area contributed by atoms with Crippen LogP contribution in [0.4, 0.5) is 0 Å². The van der Waals surface area contributed by atoms with Crippen molar-refractivity contribution in [2.75, 3.05) is 0 Å². The van der Waals surface area contributed by atoms with Crippen molar-refractivity contribution in [1.82, 2.24) is 9.13 Å². The summed E-state index contributed by atoms with van der Waals surface area (Å²) in [5, 5.41) is 8.23. The minimum atomic E-state index is -2.18. The van der Waals surface area contributed by atoms with Crippen molar-refractivity contribution < 1.29 is 0 Å². The van der Waals surface area contributed by atoms with Gasteiger partial charge in [-0.3, -0.25) is 0 Å². The normalized spacial score (nSPS) is 13.1. The van der Waals surface area contributed by atoms with Gasteiger partial charge in [0.15, 0.2) is 0 Å². The maximum absolute atomic E-state index is 2.54. The fourth-order valence-electron chi connectivity index (χ4n) is 9.95. The molecule has 0 atom stereocenters. The fourth-order valence-corrected chi connectivity index (χ4v) is 12.3. The number of aromatic nitrogens is 2. The second-order valence-electron chi connectivity index (χ2n) is 16.2. The quantitative estimate of drug-likeness (QED) is 0.160. The molecule has 0 aliphatic heterocycles. The second-order valence-corrected chi connectivity index (χ2v) is 20.6. The van der Waals surface area contributed by atoms with E-state index < -0.39 is 8.07 Å².